The van der Waals surface area contributed by atoms with E-state index in [1.165, 1.54) is 11.3 Å². The van der Waals surface area contributed by atoms with Gasteiger partial charge in [-0.3, -0.25) is 14.9 Å². The maximum absolute atomic E-state index is 12.7. The normalized spacial score (nSPS) is 11.2. The molecule has 1 heterocycles. The maximum Gasteiger partial charge on any atom is 0.311 e. The van der Waals surface area contributed by atoms with Crippen LogP contribution >= 0.6 is 11.3 Å². The molecule has 156 valence electrons. The lowest BCUT2D eigenvalue weighted by molar-refractivity contribution is -0.142. The van der Waals surface area contributed by atoms with Crippen LogP contribution in [0.2, 0.25) is 0 Å². The van der Waals surface area contributed by atoms with E-state index in [9.17, 15) is 9.59 Å². The van der Waals surface area contributed by atoms with Crippen LogP contribution in [-0.4, -0.2) is 23.5 Å². The van der Waals surface area contributed by atoms with Gasteiger partial charge in [0.25, 0.3) is 5.91 Å². The van der Waals surface area contributed by atoms with Gasteiger partial charge >= 0.3 is 5.97 Å². The number of hydrogen-bond donors (Lipinski definition) is 1. The highest BCUT2D eigenvalue weighted by molar-refractivity contribution is 7.16. The molecule has 1 N–H and O–H groups in total. The molecule has 0 bridgehead atoms. The van der Waals surface area contributed by atoms with E-state index < -0.39 is 0 Å². The molecule has 6 heteroatoms. The molecule has 30 heavy (non-hydrogen) atoms. The predicted molar refractivity (Wildman–Crippen MR) is 121 cm³/mol. The number of hydrogen-bond acceptors (Lipinski definition) is 5. The third-order valence-corrected chi connectivity index (χ3v) is 5.56. The van der Waals surface area contributed by atoms with E-state index in [4.69, 9.17) is 4.74 Å². The van der Waals surface area contributed by atoms with E-state index in [0.29, 0.717) is 23.0 Å². The molecule has 3 aromatic rings. The molecule has 0 atom stereocenters. The Morgan fingerprint density at radius 2 is 1.70 bits per heavy atom. The van der Waals surface area contributed by atoms with Crippen molar-refractivity contribution >= 4 is 28.3 Å². The second-order valence-electron chi connectivity index (χ2n) is 7.92. The Morgan fingerprint density at radius 1 is 1.03 bits per heavy atom. The Hall–Kier alpha value is -2.99. The molecular formula is C24H26N2O3S. The summed E-state index contributed by atoms with van der Waals surface area (Å²) < 4.78 is 5.09. The number of nitrogens with one attached hydrogen (secondary N) is 1. The molecule has 0 fully saturated rings. The molecule has 0 saturated heterocycles. The van der Waals surface area contributed by atoms with Gasteiger partial charge in [0, 0.05) is 16.0 Å². The van der Waals surface area contributed by atoms with Gasteiger partial charge in [-0.05, 0) is 30.0 Å². The van der Waals surface area contributed by atoms with Crippen LogP contribution in [0.5, 0.6) is 0 Å². The summed E-state index contributed by atoms with van der Waals surface area (Å²) >= 11 is 1.30. The summed E-state index contributed by atoms with van der Waals surface area (Å²) in [7, 11) is 0. The first-order chi connectivity index (χ1) is 14.3. The largest absolute Gasteiger partial charge is 0.466 e. The van der Waals surface area contributed by atoms with Gasteiger partial charge in [-0.2, -0.15) is 0 Å². The number of rotatable bonds is 6. The van der Waals surface area contributed by atoms with Gasteiger partial charge in [-0.15, -0.1) is 11.3 Å². The predicted octanol–water partition coefficient (Wildman–Crippen LogP) is 5.47. The van der Waals surface area contributed by atoms with Gasteiger partial charge < -0.3 is 4.74 Å². The Bertz CT molecular complexity index is 1020. The van der Waals surface area contributed by atoms with Crippen LogP contribution < -0.4 is 5.32 Å². The van der Waals surface area contributed by atoms with Crippen molar-refractivity contribution in [3.8, 4) is 11.3 Å². The summed E-state index contributed by atoms with van der Waals surface area (Å²) in [4.78, 5) is 30.1. The number of anilines is 1. The quantitative estimate of drug-likeness (QED) is 0.535. The Labute approximate surface area is 181 Å². The van der Waals surface area contributed by atoms with Crippen LogP contribution in [-0.2, 0) is 21.4 Å². The van der Waals surface area contributed by atoms with E-state index in [1.807, 2.05) is 54.6 Å². The van der Waals surface area contributed by atoms with Crippen LogP contribution in [0, 0.1) is 0 Å². The molecule has 5 nitrogen and oxygen atoms in total. The number of thiazole rings is 1. The lowest BCUT2D eigenvalue weighted by atomic mass is 9.87. The molecule has 0 aliphatic rings. The first kappa shape index (κ1) is 21.7. The molecule has 0 aliphatic carbocycles. The van der Waals surface area contributed by atoms with Gasteiger partial charge in [0.1, 0.15) is 0 Å². The Kier molecular flexibility index (Phi) is 6.67. The topological polar surface area (TPSA) is 68.3 Å². The van der Waals surface area contributed by atoms with Gasteiger partial charge in [0.05, 0.1) is 18.7 Å². The van der Waals surface area contributed by atoms with Gasteiger partial charge in [-0.1, -0.05) is 63.2 Å². The van der Waals surface area contributed by atoms with Gasteiger partial charge in [0.2, 0.25) is 0 Å². The summed E-state index contributed by atoms with van der Waals surface area (Å²) in [6.07, 6.45) is 0.117. The zero-order valence-electron chi connectivity index (χ0n) is 17.7. The van der Waals surface area contributed by atoms with Crippen molar-refractivity contribution in [3.63, 3.8) is 0 Å². The molecule has 1 aromatic heterocycles. The number of ether oxygens (including phenoxy) is 1. The maximum atomic E-state index is 12.7. The number of carbonyl (C=O) groups is 2. The van der Waals surface area contributed by atoms with Crippen molar-refractivity contribution in [3.05, 3.63) is 70.6 Å². The van der Waals surface area contributed by atoms with Crippen molar-refractivity contribution < 1.29 is 14.3 Å². The van der Waals surface area contributed by atoms with E-state index >= 15 is 0 Å². The van der Waals surface area contributed by atoms with Crippen LogP contribution in [0.25, 0.3) is 11.3 Å². The molecule has 1 amide bonds. The first-order valence-electron chi connectivity index (χ1n) is 9.90. The van der Waals surface area contributed by atoms with Crippen LogP contribution in [0.3, 0.4) is 0 Å². The van der Waals surface area contributed by atoms with Crippen molar-refractivity contribution in [1.29, 1.82) is 0 Å². The second kappa shape index (κ2) is 9.22. The summed E-state index contributed by atoms with van der Waals surface area (Å²) in [5.41, 5.74) is 3.33. The molecule has 2 aromatic carbocycles. The number of esters is 1. The molecule has 0 saturated carbocycles. The highest BCUT2D eigenvalue weighted by Gasteiger charge is 2.19. The summed E-state index contributed by atoms with van der Waals surface area (Å²) in [5, 5.41) is 3.33. The van der Waals surface area contributed by atoms with E-state index in [-0.39, 0.29) is 23.7 Å². The minimum absolute atomic E-state index is 0.0247. The molecule has 0 aliphatic heterocycles. The molecule has 0 unspecified atom stereocenters. The molecule has 3 rings (SSSR count). The first-order valence-corrected chi connectivity index (χ1v) is 10.7. The fourth-order valence-corrected chi connectivity index (χ4v) is 3.94. The van der Waals surface area contributed by atoms with E-state index in [2.05, 4.69) is 31.1 Å². The average Bonchev–Trinajstić information content (AvgIpc) is 3.10. The zero-order valence-corrected chi connectivity index (χ0v) is 18.5. The SMILES string of the molecule is CCOC(=O)Cc1sc(NC(=O)c2ccc(C(C)(C)C)cc2)nc1-c1ccccc1. The van der Waals surface area contributed by atoms with Crippen LogP contribution in [0.1, 0.15) is 48.5 Å². The molecule has 0 spiro atoms. The second-order valence-corrected chi connectivity index (χ2v) is 9.00. The van der Waals surface area contributed by atoms with Crippen LogP contribution in [0.4, 0.5) is 5.13 Å². The zero-order chi connectivity index (χ0) is 21.7. The Balaban J connectivity index is 1.84. The van der Waals surface area contributed by atoms with E-state index in [0.717, 1.165) is 16.0 Å². The number of amides is 1. The lowest BCUT2D eigenvalue weighted by Crippen LogP contribution is -2.14. The highest BCUT2D eigenvalue weighted by Crippen LogP contribution is 2.32. The molecular weight excluding hydrogens is 396 g/mol. The summed E-state index contributed by atoms with van der Waals surface area (Å²) in [5.74, 6) is -0.541. The number of benzene rings is 2. The smallest absolute Gasteiger partial charge is 0.311 e. The third-order valence-electron chi connectivity index (χ3n) is 4.59. The average molecular weight is 423 g/mol. The number of aromatic nitrogens is 1. The minimum atomic E-state index is -0.311. The fraction of sp³-hybridized carbons (Fsp3) is 0.292. The van der Waals surface area contributed by atoms with Crippen LogP contribution in [0.15, 0.2) is 54.6 Å². The fourth-order valence-electron chi connectivity index (χ4n) is 2.98. The summed E-state index contributed by atoms with van der Waals surface area (Å²) in [6, 6.07) is 17.2. The monoisotopic (exact) mass is 422 g/mol. The number of carbonyl (C=O) groups excluding carboxylic acids is 2. The minimum Gasteiger partial charge on any atom is -0.466 e. The highest BCUT2D eigenvalue weighted by atomic mass is 32.1. The van der Waals surface area contributed by atoms with Crippen molar-refractivity contribution in [1.82, 2.24) is 4.98 Å². The third kappa shape index (κ3) is 5.33. The van der Waals surface area contributed by atoms with E-state index in [1.54, 1.807) is 6.92 Å². The Morgan fingerprint density at radius 3 is 2.30 bits per heavy atom. The summed E-state index contributed by atoms with van der Waals surface area (Å²) in [6.45, 7) is 8.50. The van der Waals surface area contributed by atoms with Crippen molar-refractivity contribution in [2.24, 2.45) is 0 Å². The van der Waals surface area contributed by atoms with Crippen molar-refractivity contribution in [2.45, 2.75) is 39.5 Å². The molecule has 0 radical (unpaired) electrons. The van der Waals surface area contributed by atoms with Gasteiger partial charge in [0.15, 0.2) is 5.13 Å². The van der Waals surface area contributed by atoms with Gasteiger partial charge in [-0.25, -0.2) is 4.98 Å². The number of nitrogens with zero attached hydrogens (tertiary/aromatic N) is 1. The standard InChI is InChI=1S/C24H26N2O3S/c1-5-29-20(27)15-19-21(16-9-7-6-8-10-16)25-23(30-19)26-22(28)17-11-13-18(14-12-17)24(2,3)4/h6-14H,5,15H2,1-4H3,(H,25,26,28). The van der Waals surface area contributed by atoms with Crippen molar-refractivity contribution in [2.75, 3.05) is 11.9 Å². The lowest BCUT2D eigenvalue weighted by Gasteiger charge is -2.18.